The molecule has 0 saturated carbocycles. The van der Waals surface area contributed by atoms with Crippen LogP contribution in [0, 0.1) is 28.5 Å². The number of nitrogens with zero attached hydrogens (tertiary/aromatic N) is 3. The number of anilines is 1. The van der Waals surface area contributed by atoms with Gasteiger partial charge in [0.25, 0.3) is 5.91 Å². The molecule has 0 spiro atoms. The van der Waals surface area contributed by atoms with E-state index in [1.54, 1.807) is 17.0 Å². The molecule has 1 aliphatic rings. The minimum atomic E-state index is -0.437. The number of amides is 1. The van der Waals surface area contributed by atoms with Gasteiger partial charge in [-0.1, -0.05) is 18.2 Å². The third kappa shape index (κ3) is 3.89. The van der Waals surface area contributed by atoms with Crippen LogP contribution < -0.4 is 5.32 Å². The van der Waals surface area contributed by atoms with Gasteiger partial charge in [0.05, 0.1) is 23.7 Å². The predicted molar refractivity (Wildman–Crippen MR) is 112 cm³/mol. The zero-order chi connectivity index (χ0) is 21.1. The van der Waals surface area contributed by atoms with E-state index in [0.29, 0.717) is 42.7 Å². The first-order chi connectivity index (χ1) is 14.6. The average molecular weight is 416 g/mol. The molecule has 148 valence electrons. The van der Waals surface area contributed by atoms with E-state index in [-0.39, 0.29) is 5.91 Å². The lowest BCUT2D eigenvalue weighted by Crippen LogP contribution is -2.35. The molecule has 1 amide bonds. The standard InChI is InChI=1S/C23H17FN4OS/c24-18-6-2-5-17(10-18)23(29)28-8-7-19-20(12-26)22(30-21(19)14-28)27-13-16-4-1-3-15(9-16)11-25/h1-6,9-10,27H,7-8,13-14H2. The normalized spacial score (nSPS) is 12.6. The fourth-order valence-corrected chi connectivity index (χ4v) is 4.77. The van der Waals surface area contributed by atoms with Crippen LogP contribution in [0.5, 0.6) is 0 Å². The zero-order valence-electron chi connectivity index (χ0n) is 16.0. The summed E-state index contributed by atoms with van der Waals surface area (Å²) in [5, 5.41) is 22.8. The van der Waals surface area contributed by atoms with Crippen LogP contribution >= 0.6 is 11.3 Å². The molecule has 0 atom stereocenters. The maximum absolute atomic E-state index is 13.5. The number of carbonyl (C=O) groups excluding carboxylic acids is 1. The van der Waals surface area contributed by atoms with Crippen LogP contribution in [0.15, 0.2) is 48.5 Å². The van der Waals surface area contributed by atoms with Gasteiger partial charge in [0, 0.05) is 23.5 Å². The number of nitriles is 2. The van der Waals surface area contributed by atoms with Crippen LogP contribution in [0.2, 0.25) is 0 Å². The monoisotopic (exact) mass is 416 g/mol. The Balaban J connectivity index is 1.53. The van der Waals surface area contributed by atoms with Crippen molar-refractivity contribution in [2.24, 2.45) is 0 Å². The maximum Gasteiger partial charge on any atom is 0.254 e. The van der Waals surface area contributed by atoms with Gasteiger partial charge < -0.3 is 10.2 Å². The first-order valence-electron chi connectivity index (χ1n) is 9.41. The Labute approximate surface area is 177 Å². The fourth-order valence-electron chi connectivity index (χ4n) is 3.56. The molecule has 0 saturated heterocycles. The average Bonchev–Trinajstić information content (AvgIpc) is 3.14. The van der Waals surface area contributed by atoms with Crippen molar-refractivity contribution in [2.45, 2.75) is 19.5 Å². The first kappa shape index (κ1) is 19.6. The number of carbonyl (C=O) groups is 1. The van der Waals surface area contributed by atoms with Crippen LogP contribution in [0.3, 0.4) is 0 Å². The molecular weight excluding hydrogens is 399 g/mol. The summed E-state index contributed by atoms with van der Waals surface area (Å²) in [6.07, 6.45) is 0.585. The molecule has 4 rings (SSSR count). The molecule has 2 heterocycles. The Morgan fingerprint density at radius 1 is 1.17 bits per heavy atom. The fraction of sp³-hybridized carbons (Fsp3) is 0.174. The van der Waals surface area contributed by atoms with Crippen LogP contribution in [-0.4, -0.2) is 17.4 Å². The van der Waals surface area contributed by atoms with Crippen molar-refractivity contribution in [3.05, 3.63) is 87.0 Å². The SMILES string of the molecule is N#Cc1cccc(CNc2sc3c(c2C#N)CCN(C(=O)c2cccc(F)c2)C3)c1. The van der Waals surface area contributed by atoms with Crippen molar-refractivity contribution >= 4 is 22.2 Å². The minimum Gasteiger partial charge on any atom is -0.372 e. The highest BCUT2D eigenvalue weighted by atomic mass is 32.1. The van der Waals surface area contributed by atoms with Crippen molar-refractivity contribution in [3.63, 3.8) is 0 Å². The van der Waals surface area contributed by atoms with Gasteiger partial charge >= 0.3 is 0 Å². The largest absolute Gasteiger partial charge is 0.372 e. The minimum absolute atomic E-state index is 0.213. The van der Waals surface area contributed by atoms with Gasteiger partial charge in [0.1, 0.15) is 16.9 Å². The van der Waals surface area contributed by atoms with E-state index >= 15 is 0 Å². The van der Waals surface area contributed by atoms with Gasteiger partial charge in [0.15, 0.2) is 0 Å². The number of fused-ring (bicyclic) bond motifs is 1. The Bertz CT molecular complexity index is 1200. The third-order valence-electron chi connectivity index (χ3n) is 5.04. The molecule has 30 heavy (non-hydrogen) atoms. The molecule has 1 aliphatic heterocycles. The molecule has 5 nitrogen and oxygen atoms in total. The summed E-state index contributed by atoms with van der Waals surface area (Å²) in [6, 6.07) is 17.4. The highest BCUT2D eigenvalue weighted by molar-refractivity contribution is 7.16. The Morgan fingerprint density at radius 3 is 2.77 bits per heavy atom. The van der Waals surface area contributed by atoms with Crippen LogP contribution in [0.4, 0.5) is 9.39 Å². The van der Waals surface area contributed by atoms with Crippen molar-refractivity contribution in [3.8, 4) is 12.1 Å². The number of hydrogen-bond donors (Lipinski definition) is 1. The molecule has 1 N–H and O–H groups in total. The second kappa shape index (κ2) is 8.36. The molecular formula is C23H17FN4OS. The first-order valence-corrected chi connectivity index (χ1v) is 10.2. The van der Waals surface area contributed by atoms with E-state index in [4.69, 9.17) is 5.26 Å². The predicted octanol–water partition coefficient (Wildman–Crippen LogP) is 4.44. The molecule has 3 aromatic rings. The molecule has 7 heteroatoms. The van der Waals surface area contributed by atoms with Gasteiger partial charge in [-0.05, 0) is 47.9 Å². The van der Waals surface area contributed by atoms with Crippen molar-refractivity contribution < 1.29 is 9.18 Å². The number of rotatable bonds is 4. The summed E-state index contributed by atoms with van der Waals surface area (Å²) in [4.78, 5) is 15.4. The Kier molecular flexibility index (Phi) is 5.47. The van der Waals surface area contributed by atoms with Crippen molar-refractivity contribution in [1.82, 2.24) is 4.90 Å². The molecule has 0 unspecified atom stereocenters. The lowest BCUT2D eigenvalue weighted by Gasteiger charge is -2.27. The number of halogens is 1. The quantitative estimate of drug-likeness (QED) is 0.682. The number of nitrogens with one attached hydrogen (secondary N) is 1. The molecule has 0 bridgehead atoms. The van der Waals surface area contributed by atoms with Crippen LogP contribution in [0.1, 0.15) is 37.5 Å². The van der Waals surface area contributed by atoms with Crippen LogP contribution in [0.25, 0.3) is 0 Å². The Hall–Kier alpha value is -3.68. The second-order valence-electron chi connectivity index (χ2n) is 6.97. The summed E-state index contributed by atoms with van der Waals surface area (Å²) in [5.41, 5.74) is 3.45. The van der Waals surface area contributed by atoms with Gasteiger partial charge in [-0.25, -0.2) is 4.39 Å². The maximum atomic E-state index is 13.5. The second-order valence-corrected chi connectivity index (χ2v) is 8.08. The smallest absolute Gasteiger partial charge is 0.254 e. The van der Waals surface area contributed by atoms with Crippen molar-refractivity contribution in [2.75, 3.05) is 11.9 Å². The van der Waals surface area contributed by atoms with Crippen LogP contribution in [-0.2, 0) is 19.5 Å². The topological polar surface area (TPSA) is 79.9 Å². The van der Waals surface area contributed by atoms with Gasteiger partial charge in [-0.2, -0.15) is 10.5 Å². The van der Waals surface area contributed by atoms with E-state index < -0.39 is 5.82 Å². The van der Waals surface area contributed by atoms with Gasteiger partial charge in [-0.15, -0.1) is 11.3 Å². The number of hydrogen-bond acceptors (Lipinski definition) is 5. The highest BCUT2D eigenvalue weighted by Gasteiger charge is 2.27. The number of thiophene rings is 1. The summed E-state index contributed by atoms with van der Waals surface area (Å²) in [5.74, 6) is -0.650. The van der Waals surface area contributed by atoms with E-state index in [1.165, 1.54) is 29.5 Å². The van der Waals surface area contributed by atoms with E-state index in [2.05, 4.69) is 17.5 Å². The van der Waals surface area contributed by atoms with Gasteiger partial charge in [0.2, 0.25) is 0 Å². The van der Waals surface area contributed by atoms with E-state index in [1.807, 2.05) is 18.2 Å². The summed E-state index contributed by atoms with van der Waals surface area (Å²) >= 11 is 1.47. The van der Waals surface area contributed by atoms with Gasteiger partial charge in [-0.3, -0.25) is 4.79 Å². The van der Waals surface area contributed by atoms with E-state index in [0.717, 1.165) is 21.0 Å². The Morgan fingerprint density at radius 2 is 2.00 bits per heavy atom. The van der Waals surface area contributed by atoms with Crippen molar-refractivity contribution in [1.29, 1.82) is 10.5 Å². The van der Waals surface area contributed by atoms with E-state index in [9.17, 15) is 14.4 Å². The zero-order valence-corrected chi connectivity index (χ0v) is 16.8. The molecule has 0 fully saturated rings. The molecule has 1 aromatic heterocycles. The lowest BCUT2D eigenvalue weighted by molar-refractivity contribution is 0.0736. The molecule has 0 aliphatic carbocycles. The summed E-state index contributed by atoms with van der Waals surface area (Å²) < 4.78 is 13.5. The third-order valence-corrected chi connectivity index (χ3v) is 6.21. The highest BCUT2D eigenvalue weighted by Crippen LogP contribution is 2.37. The summed E-state index contributed by atoms with van der Waals surface area (Å²) in [6.45, 7) is 1.38. The molecule has 0 radical (unpaired) electrons. The summed E-state index contributed by atoms with van der Waals surface area (Å²) in [7, 11) is 0. The lowest BCUT2D eigenvalue weighted by atomic mass is 10.0. The number of benzene rings is 2. The molecule has 2 aromatic carbocycles.